The molecule has 0 aliphatic rings. The van der Waals surface area contributed by atoms with Gasteiger partial charge in [0, 0.05) is 11.6 Å². The number of rotatable bonds is 5. The largest absolute Gasteiger partial charge is 0.446 e. The van der Waals surface area contributed by atoms with Gasteiger partial charge in [-0.2, -0.15) is 13.1 Å². The van der Waals surface area contributed by atoms with E-state index in [0.29, 0.717) is 0 Å². The van der Waals surface area contributed by atoms with Gasteiger partial charge in [0.25, 0.3) is 0 Å². The molecule has 1 amide bonds. The Hall–Kier alpha value is -0.860. The van der Waals surface area contributed by atoms with Crippen molar-refractivity contribution in [2.75, 3.05) is 0 Å². The Balaban J connectivity index is 4.56. The molecule has 0 aliphatic carbocycles. The standard InChI is InChI=1S/C9H21N3O4S/c1-6(2)16-8(13)11-17(14,15)12-9(4,5)7(3)10/h6-7,12H,10H2,1-5H3,(H,11,13). The Bertz CT molecular complexity index is 362. The average Bonchev–Trinajstić information content (AvgIpc) is 1.96. The molecule has 0 aromatic heterocycles. The van der Waals surface area contributed by atoms with Gasteiger partial charge in [-0.3, -0.25) is 0 Å². The van der Waals surface area contributed by atoms with Gasteiger partial charge >= 0.3 is 16.3 Å². The quantitative estimate of drug-likeness (QED) is 0.653. The van der Waals surface area contributed by atoms with Crippen molar-refractivity contribution >= 4 is 16.3 Å². The molecule has 1 unspecified atom stereocenters. The molecule has 0 rings (SSSR count). The van der Waals surface area contributed by atoms with Crippen LogP contribution in [0.25, 0.3) is 0 Å². The molecule has 4 N–H and O–H groups in total. The molecule has 17 heavy (non-hydrogen) atoms. The molecule has 1 atom stereocenters. The average molecular weight is 267 g/mol. The van der Waals surface area contributed by atoms with Gasteiger partial charge < -0.3 is 10.5 Å². The monoisotopic (exact) mass is 267 g/mol. The van der Waals surface area contributed by atoms with Gasteiger partial charge in [-0.05, 0) is 34.6 Å². The van der Waals surface area contributed by atoms with Crippen LogP contribution in [0, 0.1) is 0 Å². The van der Waals surface area contributed by atoms with E-state index >= 15 is 0 Å². The van der Waals surface area contributed by atoms with E-state index in [0.717, 1.165) is 0 Å². The Morgan fingerprint density at radius 1 is 1.29 bits per heavy atom. The van der Waals surface area contributed by atoms with Crippen LogP contribution in [0.4, 0.5) is 4.79 Å². The smallest absolute Gasteiger partial charge is 0.422 e. The Labute approximate surface area is 102 Å². The van der Waals surface area contributed by atoms with Crippen molar-refractivity contribution in [2.24, 2.45) is 5.73 Å². The molecule has 0 saturated carbocycles. The topological polar surface area (TPSA) is 111 Å². The molecule has 0 aromatic rings. The number of nitrogens with two attached hydrogens (primary N) is 1. The molecule has 0 radical (unpaired) electrons. The van der Waals surface area contributed by atoms with Crippen LogP contribution in [-0.2, 0) is 14.9 Å². The molecule has 0 bridgehead atoms. The van der Waals surface area contributed by atoms with Gasteiger partial charge in [-0.15, -0.1) is 0 Å². The van der Waals surface area contributed by atoms with Crippen LogP contribution in [0.15, 0.2) is 0 Å². The Kier molecular flexibility index (Phi) is 5.37. The van der Waals surface area contributed by atoms with Crippen LogP contribution in [-0.4, -0.2) is 32.2 Å². The van der Waals surface area contributed by atoms with Gasteiger partial charge in [-0.1, -0.05) is 0 Å². The first-order valence-corrected chi connectivity index (χ1v) is 6.72. The number of carbonyl (C=O) groups excluding carboxylic acids is 1. The highest BCUT2D eigenvalue weighted by Crippen LogP contribution is 2.07. The summed E-state index contributed by atoms with van der Waals surface area (Å²) in [5.41, 5.74) is 4.75. The summed E-state index contributed by atoms with van der Waals surface area (Å²) in [5, 5.41) is 0. The highest BCUT2D eigenvalue weighted by Gasteiger charge is 2.29. The summed E-state index contributed by atoms with van der Waals surface area (Å²) in [6.07, 6.45) is -1.42. The number of hydrogen-bond acceptors (Lipinski definition) is 5. The predicted octanol–water partition coefficient (Wildman–Crippen LogP) is 0.0812. The molecular formula is C9H21N3O4S. The molecule has 0 aromatic carbocycles. The normalized spacial score (nSPS) is 14.5. The van der Waals surface area contributed by atoms with E-state index in [1.54, 1.807) is 39.3 Å². The SMILES string of the molecule is CC(C)OC(=O)NS(=O)(=O)NC(C)(C)C(C)N. The number of carbonyl (C=O) groups is 1. The van der Waals surface area contributed by atoms with Crippen molar-refractivity contribution < 1.29 is 17.9 Å². The van der Waals surface area contributed by atoms with Crippen LogP contribution < -0.4 is 15.2 Å². The Morgan fingerprint density at radius 3 is 2.12 bits per heavy atom. The third-order valence-electron chi connectivity index (χ3n) is 2.10. The molecule has 8 heteroatoms. The fourth-order valence-electron chi connectivity index (χ4n) is 0.813. The minimum atomic E-state index is -3.98. The lowest BCUT2D eigenvalue weighted by Crippen LogP contribution is -2.57. The van der Waals surface area contributed by atoms with Crippen LogP contribution in [0.5, 0.6) is 0 Å². The fraction of sp³-hybridized carbons (Fsp3) is 0.889. The van der Waals surface area contributed by atoms with Gasteiger partial charge in [0.1, 0.15) is 0 Å². The maximum Gasteiger partial charge on any atom is 0.422 e. The van der Waals surface area contributed by atoms with Crippen molar-refractivity contribution in [3.8, 4) is 0 Å². The maximum absolute atomic E-state index is 11.6. The van der Waals surface area contributed by atoms with E-state index in [-0.39, 0.29) is 0 Å². The van der Waals surface area contributed by atoms with Crippen molar-refractivity contribution in [1.82, 2.24) is 9.44 Å². The van der Waals surface area contributed by atoms with Crippen LogP contribution >= 0.6 is 0 Å². The third kappa shape index (κ3) is 6.44. The number of hydrogen-bond donors (Lipinski definition) is 3. The lowest BCUT2D eigenvalue weighted by Gasteiger charge is -2.29. The first kappa shape index (κ1) is 16.1. The van der Waals surface area contributed by atoms with E-state index in [1.165, 1.54) is 0 Å². The summed E-state index contributed by atoms with van der Waals surface area (Å²) in [5.74, 6) is 0. The van der Waals surface area contributed by atoms with Gasteiger partial charge in [0.05, 0.1) is 6.10 Å². The highest BCUT2D eigenvalue weighted by atomic mass is 32.2. The van der Waals surface area contributed by atoms with Crippen LogP contribution in [0.3, 0.4) is 0 Å². The Morgan fingerprint density at radius 2 is 1.76 bits per heavy atom. The second-order valence-corrected chi connectivity index (χ2v) is 6.09. The number of nitrogens with one attached hydrogen (secondary N) is 2. The predicted molar refractivity (Wildman–Crippen MR) is 64.5 cm³/mol. The van der Waals surface area contributed by atoms with Crippen LogP contribution in [0.2, 0.25) is 0 Å². The molecule has 0 fully saturated rings. The first-order chi connectivity index (χ1) is 7.46. The summed E-state index contributed by atoms with van der Waals surface area (Å²) in [7, 11) is -3.98. The van der Waals surface area contributed by atoms with E-state index in [1.807, 2.05) is 0 Å². The highest BCUT2D eigenvalue weighted by molar-refractivity contribution is 7.88. The molecule has 0 spiro atoms. The lowest BCUT2D eigenvalue weighted by atomic mass is 9.99. The minimum Gasteiger partial charge on any atom is -0.446 e. The molecule has 7 nitrogen and oxygen atoms in total. The summed E-state index contributed by atoms with van der Waals surface area (Å²) < 4.78 is 31.8. The molecular weight excluding hydrogens is 246 g/mol. The number of amides is 1. The summed E-state index contributed by atoms with van der Waals surface area (Å²) >= 11 is 0. The first-order valence-electron chi connectivity index (χ1n) is 5.24. The zero-order chi connectivity index (χ0) is 13.9. The molecule has 102 valence electrons. The maximum atomic E-state index is 11.6. The van der Waals surface area contributed by atoms with E-state index < -0.39 is 34.0 Å². The van der Waals surface area contributed by atoms with Crippen molar-refractivity contribution in [3.63, 3.8) is 0 Å². The van der Waals surface area contributed by atoms with E-state index in [9.17, 15) is 13.2 Å². The zero-order valence-corrected chi connectivity index (χ0v) is 11.6. The van der Waals surface area contributed by atoms with Crippen LogP contribution in [0.1, 0.15) is 34.6 Å². The summed E-state index contributed by atoms with van der Waals surface area (Å²) in [6.45, 7) is 8.13. The van der Waals surface area contributed by atoms with Gasteiger partial charge in [0.15, 0.2) is 0 Å². The second-order valence-electron chi connectivity index (χ2n) is 4.67. The summed E-state index contributed by atoms with van der Waals surface area (Å²) in [4.78, 5) is 11.1. The number of ether oxygens (including phenoxy) is 1. The minimum absolute atomic E-state index is 0.397. The van der Waals surface area contributed by atoms with E-state index in [2.05, 4.69) is 9.46 Å². The molecule has 0 heterocycles. The van der Waals surface area contributed by atoms with E-state index in [4.69, 9.17) is 5.73 Å². The third-order valence-corrected chi connectivity index (χ3v) is 3.33. The van der Waals surface area contributed by atoms with Gasteiger partial charge in [0.2, 0.25) is 0 Å². The zero-order valence-electron chi connectivity index (χ0n) is 10.8. The van der Waals surface area contributed by atoms with Crippen molar-refractivity contribution in [3.05, 3.63) is 0 Å². The molecule has 0 aliphatic heterocycles. The van der Waals surface area contributed by atoms with Crippen molar-refractivity contribution in [1.29, 1.82) is 0 Å². The lowest BCUT2D eigenvalue weighted by molar-refractivity contribution is 0.121. The molecule has 0 saturated heterocycles. The van der Waals surface area contributed by atoms with Crippen molar-refractivity contribution in [2.45, 2.75) is 52.3 Å². The second kappa shape index (κ2) is 5.65. The fourth-order valence-corrected chi connectivity index (χ4v) is 2.01. The summed E-state index contributed by atoms with van der Waals surface area (Å²) in [6, 6.07) is -0.416. The van der Waals surface area contributed by atoms with Gasteiger partial charge in [-0.25, -0.2) is 9.52 Å².